The number of carbonyl (C=O) groups is 1. The van der Waals surface area contributed by atoms with Crippen LogP contribution in [0.15, 0.2) is 65.2 Å². The van der Waals surface area contributed by atoms with Crippen LogP contribution in [0.4, 0.5) is 27.6 Å². The Kier molecular flexibility index (Phi) is 5.67. The summed E-state index contributed by atoms with van der Waals surface area (Å²) in [7, 11) is 0. The number of benzene rings is 3. The van der Waals surface area contributed by atoms with E-state index in [1.807, 2.05) is 0 Å². The van der Waals surface area contributed by atoms with Crippen molar-refractivity contribution in [1.29, 1.82) is 0 Å². The van der Waals surface area contributed by atoms with E-state index in [4.69, 9.17) is 0 Å². The minimum Gasteiger partial charge on any atom is -0.333 e. The first kappa shape index (κ1) is 21.2. The Bertz CT molecular complexity index is 1290. The van der Waals surface area contributed by atoms with Crippen molar-refractivity contribution in [3.8, 4) is 22.5 Å². The molecule has 0 aliphatic heterocycles. The van der Waals surface area contributed by atoms with Gasteiger partial charge in [-0.15, -0.1) is 0 Å². The summed E-state index contributed by atoms with van der Waals surface area (Å²) in [6.45, 7) is 0. The summed E-state index contributed by atoms with van der Waals surface area (Å²) in [5, 5.41) is 6.05. The number of alkyl halides is 2. The van der Waals surface area contributed by atoms with Gasteiger partial charge in [0.05, 0.1) is 0 Å². The average molecular weight is 445 g/mol. The summed E-state index contributed by atoms with van der Waals surface area (Å²) < 4.78 is 70.3. The van der Waals surface area contributed by atoms with Gasteiger partial charge in [0.25, 0.3) is 11.8 Å². The molecule has 0 saturated carbocycles. The molecule has 0 fully saturated rings. The van der Waals surface area contributed by atoms with E-state index in [2.05, 4.69) is 20.0 Å². The van der Waals surface area contributed by atoms with Gasteiger partial charge in [0.15, 0.2) is 11.6 Å². The van der Waals surface area contributed by atoms with Gasteiger partial charge < -0.3 is 9.84 Å². The highest BCUT2D eigenvalue weighted by atomic mass is 19.3. The van der Waals surface area contributed by atoms with Gasteiger partial charge >= 0.3 is 6.43 Å². The van der Waals surface area contributed by atoms with E-state index < -0.39 is 35.7 Å². The van der Waals surface area contributed by atoms with E-state index >= 15 is 0 Å². The number of hydrogen-bond donors (Lipinski definition) is 1. The molecule has 5 nitrogen and oxygen atoms in total. The lowest BCUT2D eigenvalue weighted by Crippen LogP contribution is -2.12. The monoisotopic (exact) mass is 445 g/mol. The average Bonchev–Trinajstić information content (AvgIpc) is 3.28. The number of aromatic nitrogens is 2. The fourth-order valence-electron chi connectivity index (χ4n) is 2.93. The minimum absolute atomic E-state index is 0.0635. The number of hydrogen-bond acceptors (Lipinski definition) is 4. The van der Waals surface area contributed by atoms with Crippen LogP contribution < -0.4 is 5.32 Å². The number of anilines is 1. The number of halogens is 5. The quantitative estimate of drug-likeness (QED) is 0.382. The molecular weight excluding hydrogens is 433 g/mol. The number of nitrogens with one attached hydrogen (secondary N) is 1. The fourth-order valence-corrected chi connectivity index (χ4v) is 2.93. The van der Waals surface area contributed by atoms with Crippen LogP contribution in [0.5, 0.6) is 0 Å². The molecule has 0 atom stereocenters. The zero-order valence-corrected chi connectivity index (χ0v) is 16.0. The molecule has 4 aromatic rings. The Morgan fingerprint density at radius 3 is 2.25 bits per heavy atom. The van der Waals surface area contributed by atoms with E-state index in [1.165, 1.54) is 36.4 Å². The lowest BCUT2D eigenvalue weighted by Gasteiger charge is -2.12. The first-order valence-electron chi connectivity index (χ1n) is 9.10. The minimum atomic E-state index is -2.90. The zero-order valence-electron chi connectivity index (χ0n) is 16.0. The van der Waals surface area contributed by atoms with Gasteiger partial charge in [-0.25, -0.2) is 13.2 Å². The van der Waals surface area contributed by atoms with Crippen LogP contribution in [0.2, 0.25) is 0 Å². The Morgan fingerprint density at radius 2 is 1.59 bits per heavy atom. The summed E-state index contributed by atoms with van der Waals surface area (Å²) in [5.41, 5.74) is 1.03. The van der Waals surface area contributed by atoms with Crippen LogP contribution in [-0.4, -0.2) is 16.0 Å². The number of rotatable bonds is 5. The predicted octanol–water partition coefficient (Wildman–Crippen LogP) is 6.01. The van der Waals surface area contributed by atoms with Crippen LogP contribution in [0, 0.1) is 17.5 Å². The molecule has 10 heteroatoms. The molecule has 1 heterocycles. The van der Waals surface area contributed by atoms with E-state index in [-0.39, 0.29) is 28.2 Å². The molecule has 0 saturated heterocycles. The third-order valence-corrected chi connectivity index (χ3v) is 4.49. The first-order chi connectivity index (χ1) is 15.3. The second kappa shape index (κ2) is 8.58. The van der Waals surface area contributed by atoms with Gasteiger partial charge in [-0.1, -0.05) is 23.4 Å². The van der Waals surface area contributed by atoms with E-state index in [1.54, 1.807) is 0 Å². The summed E-state index contributed by atoms with van der Waals surface area (Å²) in [4.78, 5) is 16.2. The maximum atomic E-state index is 13.8. The topological polar surface area (TPSA) is 68.0 Å². The van der Waals surface area contributed by atoms with Crippen LogP contribution >= 0.6 is 0 Å². The summed E-state index contributed by atoms with van der Waals surface area (Å²) in [6, 6.07) is 12.2. The Balaban J connectivity index is 1.58. The van der Waals surface area contributed by atoms with Gasteiger partial charge in [0.2, 0.25) is 5.82 Å². The van der Waals surface area contributed by atoms with Crippen molar-refractivity contribution < 1.29 is 31.3 Å². The zero-order chi connectivity index (χ0) is 22.8. The Hall–Kier alpha value is -4.08. The van der Waals surface area contributed by atoms with Crippen LogP contribution in [-0.2, 0) is 0 Å². The van der Waals surface area contributed by atoms with Crippen molar-refractivity contribution in [3.63, 3.8) is 0 Å². The molecule has 4 rings (SSSR count). The number of amides is 1. The molecule has 0 radical (unpaired) electrons. The second-order valence-corrected chi connectivity index (χ2v) is 6.61. The summed E-state index contributed by atoms with van der Waals surface area (Å²) in [6.07, 6.45) is -2.90. The van der Waals surface area contributed by atoms with E-state index in [0.717, 1.165) is 24.3 Å². The molecule has 0 aliphatic rings. The lowest BCUT2D eigenvalue weighted by molar-refractivity contribution is 0.102. The van der Waals surface area contributed by atoms with Gasteiger partial charge in [0, 0.05) is 22.4 Å². The van der Waals surface area contributed by atoms with Gasteiger partial charge in [-0.05, 0) is 48.0 Å². The molecule has 3 aromatic carbocycles. The number of carbonyl (C=O) groups excluding carboxylic acids is 1. The molecule has 1 aromatic heterocycles. The molecule has 0 aliphatic carbocycles. The van der Waals surface area contributed by atoms with Crippen molar-refractivity contribution in [1.82, 2.24) is 10.1 Å². The highest BCUT2D eigenvalue weighted by molar-refractivity contribution is 6.06. The fraction of sp³-hybridized carbons (Fsp3) is 0.0455. The third kappa shape index (κ3) is 4.34. The van der Waals surface area contributed by atoms with Crippen molar-refractivity contribution in [2.75, 3.05) is 5.32 Å². The second-order valence-electron chi connectivity index (χ2n) is 6.61. The molecule has 0 bridgehead atoms. The van der Waals surface area contributed by atoms with Gasteiger partial charge in [-0.2, -0.15) is 13.8 Å². The smallest absolute Gasteiger partial charge is 0.315 e. The summed E-state index contributed by atoms with van der Waals surface area (Å²) >= 11 is 0. The van der Waals surface area contributed by atoms with Crippen LogP contribution in [0.1, 0.15) is 22.7 Å². The first-order valence-corrected chi connectivity index (χ1v) is 9.10. The maximum absolute atomic E-state index is 13.8. The highest BCUT2D eigenvalue weighted by Gasteiger charge is 2.18. The third-order valence-electron chi connectivity index (χ3n) is 4.49. The summed E-state index contributed by atoms with van der Waals surface area (Å²) in [5.74, 6) is -4.26. The van der Waals surface area contributed by atoms with Gasteiger partial charge in [-0.3, -0.25) is 4.79 Å². The van der Waals surface area contributed by atoms with Crippen LogP contribution in [0.3, 0.4) is 0 Å². The maximum Gasteiger partial charge on any atom is 0.315 e. The van der Waals surface area contributed by atoms with E-state index in [0.29, 0.717) is 5.56 Å². The van der Waals surface area contributed by atoms with Crippen molar-refractivity contribution in [3.05, 3.63) is 89.6 Å². The molecule has 162 valence electrons. The van der Waals surface area contributed by atoms with Crippen molar-refractivity contribution in [2.45, 2.75) is 6.43 Å². The molecule has 32 heavy (non-hydrogen) atoms. The molecule has 1 N–H and O–H groups in total. The molecule has 0 unspecified atom stereocenters. The standard InChI is InChI=1S/C22H12F5N3O2/c23-14-6-8-18(15(10-14)13-5-7-16(24)17(25)9-13)28-21(31)12-3-1-11(2-4-12)20-29-22(19(26)27)32-30-20/h1-10,19H,(H,28,31). The number of nitrogens with zero attached hydrogens (tertiary/aromatic N) is 2. The molecular formula is C22H12F5N3O2. The Labute approximate surface area is 177 Å². The highest BCUT2D eigenvalue weighted by Crippen LogP contribution is 2.30. The lowest BCUT2D eigenvalue weighted by atomic mass is 10.0. The predicted molar refractivity (Wildman–Crippen MR) is 104 cm³/mol. The molecule has 1 amide bonds. The van der Waals surface area contributed by atoms with E-state index in [9.17, 15) is 26.7 Å². The van der Waals surface area contributed by atoms with Gasteiger partial charge in [0.1, 0.15) is 5.82 Å². The SMILES string of the molecule is O=C(Nc1ccc(F)cc1-c1ccc(F)c(F)c1)c1ccc(-c2noc(C(F)F)n2)cc1. The largest absolute Gasteiger partial charge is 0.333 e. The van der Waals surface area contributed by atoms with Crippen LogP contribution in [0.25, 0.3) is 22.5 Å². The molecule has 0 spiro atoms. The van der Waals surface area contributed by atoms with Crippen molar-refractivity contribution >= 4 is 11.6 Å². The normalized spacial score (nSPS) is 11.1. The Morgan fingerprint density at radius 1 is 0.875 bits per heavy atom. The van der Waals surface area contributed by atoms with Crippen molar-refractivity contribution in [2.24, 2.45) is 0 Å².